The third-order valence-corrected chi connectivity index (χ3v) is 1.90. The molecule has 0 saturated heterocycles. The van der Waals surface area contributed by atoms with Crippen molar-refractivity contribution in [2.45, 2.75) is 6.42 Å². The fourth-order valence-electron chi connectivity index (χ4n) is 0.841. The second kappa shape index (κ2) is 4.97. The van der Waals surface area contributed by atoms with Crippen LogP contribution in [0.15, 0.2) is 12.1 Å². The Morgan fingerprint density at radius 1 is 1.29 bits per heavy atom. The summed E-state index contributed by atoms with van der Waals surface area (Å²) < 4.78 is 25.8. The third kappa shape index (κ3) is 2.46. The predicted octanol–water partition coefficient (Wildman–Crippen LogP) is 2.81. The second-order valence-corrected chi connectivity index (χ2v) is 3.29. The van der Waals surface area contributed by atoms with Gasteiger partial charge in [0, 0.05) is 11.8 Å². The number of phenolic OH excluding ortho intramolecular Hbond substituents is 1. The van der Waals surface area contributed by atoms with Gasteiger partial charge < -0.3 is 5.11 Å². The molecule has 14 heavy (non-hydrogen) atoms. The van der Waals surface area contributed by atoms with Crippen LogP contribution in [0, 0.1) is 23.5 Å². The van der Waals surface area contributed by atoms with E-state index in [1.165, 1.54) is 6.07 Å². The first-order valence-corrected chi connectivity index (χ1v) is 5.00. The standard InChI is InChI=1S/C10H7BrF2O/c11-6-2-1-3-7-4-5-8(14)10(13)9(7)12/h4-5,14H,2,6H2. The van der Waals surface area contributed by atoms with E-state index >= 15 is 0 Å². The summed E-state index contributed by atoms with van der Waals surface area (Å²) in [5.74, 6) is 2.07. The molecular weight excluding hydrogens is 254 g/mol. The highest BCUT2D eigenvalue weighted by atomic mass is 79.9. The summed E-state index contributed by atoms with van der Waals surface area (Å²) in [5, 5.41) is 9.51. The van der Waals surface area contributed by atoms with E-state index < -0.39 is 17.4 Å². The van der Waals surface area contributed by atoms with Crippen molar-refractivity contribution < 1.29 is 13.9 Å². The van der Waals surface area contributed by atoms with Crippen molar-refractivity contribution in [2.24, 2.45) is 0 Å². The number of halogens is 3. The van der Waals surface area contributed by atoms with Crippen LogP contribution in [0.2, 0.25) is 0 Å². The van der Waals surface area contributed by atoms with E-state index in [0.717, 1.165) is 6.07 Å². The molecule has 1 rings (SSSR count). The largest absolute Gasteiger partial charge is 0.505 e. The molecule has 1 aromatic carbocycles. The average Bonchev–Trinajstić information content (AvgIpc) is 2.18. The van der Waals surface area contributed by atoms with Gasteiger partial charge in [-0.05, 0) is 12.1 Å². The molecule has 0 aliphatic heterocycles. The van der Waals surface area contributed by atoms with Gasteiger partial charge in [-0.1, -0.05) is 27.8 Å². The van der Waals surface area contributed by atoms with Crippen LogP contribution in [0.25, 0.3) is 0 Å². The van der Waals surface area contributed by atoms with Crippen molar-refractivity contribution in [1.29, 1.82) is 0 Å². The molecule has 1 nitrogen and oxygen atoms in total. The van der Waals surface area contributed by atoms with Crippen molar-refractivity contribution in [3.05, 3.63) is 29.3 Å². The lowest BCUT2D eigenvalue weighted by Gasteiger charge is -1.98. The average molecular weight is 261 g/mol. The molecule has 0 fully saturated rings. The van der Waals surface area contributed by atoms with Gasteiger partial charge in [0.05, 0.1) is 5.56 Å². The summed E-state index contributed by atoms with van der Waals surface area (Å²) in [5.41, 5.74) is -0.0405. The molecule has 1 aromatic rings. The number of hydrogen-bond acceptors (Lipinski definition) is 1. The summed E-state index contributed by atoms with van der Waals surface area (Å²) in [6.45, 7) is 0. The molecule has 0 heterocycles. The van der Waals surface area contributed by atoms with Crippen molar-refractivity contribution in [1.82, 2.24) is 0 Å². The van der Waals surface area contributed by atoms with E-state index in [4.69, 9.17) is 5.11 Å². The van der Waals surface area contributed by atoms with Gasteiger partial charge in [0.1, 0.15) is 0 Å². The Bertz CT molecular complexity index is 393. The first-order valence-electron chi connectivity index (χ1n) is 3.88. The van der Waals surface area contributed by atoms with Gasteiger partial charge in [0.2, 0.25) is 5.82 Å². The maximum absolute atomic E-state index is 13.0. The van der Waals surface area contributed by atoms with Crippen LogP contribution in [0.5, 0.6) is 5.75 Å². The number of alkyl halides is 1. The van der Waals surface area contributed by atoms with Crippen LogP contribution >= 0.6 is 15.9 Å². The Labute approximate surface area is 88.9 Å². The van der Waals surface area contributed by atoms with Gasteiger partial charge >= 0.3 is 0 Å². The number of aromatic hydroxyl groups is 1. The summed E-state index contributed by atoms with van der Waals surface area (Å²) in [6, 6.07) is 2.32. The zero-order valence-corrected chi connectivity index (χ0v) is 8.74. The molecular formula is C10H7BrF2O. The summed E-state index contributed by atoms with van der Waals surface area (Å²) in [4.78, 5) is 0. The number of benzene rings is 1. The Hall–Kier alpha value is -1.08. The highest BCUT2D eigenvalue weighted by molar-refractivity contribution is 9.09. The number of hydrogen-bond donors (Lipinski definition) is 1. The number of rotatable bonds is 1. The van der Waals surface area contributed by atoms with Gasteiger partial charge in [-0.15, -0.1) is 0 Å². The number of phenols is 1. The van der Waals surface area contributed by atoms with Crippen LogP contribution in [0.3, 0.4) is 0 Å². The maximum Gasteiger partial charge on any atom is 0.201 e. The molecule has 4 heteroatoms. The van der Waals surface area contributed by atoms with Gasteiger partial charge in [0.15, 0.2) is 11.6 Å². The maximum atomic E-state index is 13.0. The fraction of sp³-hybridized carbons (Fsp3) is 0.200. The van der Waals surface area contributed by atoms with Crippen molar-refractivity contribution >= 4 is 15.9 Å². The highest BCUT2D eigenvalue weighted by Crippen LogP contribution is 2.20. The molecule has 0 spiro atoms. The van der Waals surface area contributed by atoms with E-state index in [2.05, 4.69) is 27.8 Å². The van der Waals surface area contributed by atoms with Gasteiger partial charge in [0.25, 0.3) is 0 Å². The Morgan fingerprint density at radius 3 is 2.64 bits per heavy atom. The first-order chi connectivity index (χ1) is 6.66. The smallest absolute Gasteiger partial charge is 0.201 e. The van der Waals surface area contributed by atoms with E-state index in [-0.39, 0.29) is 5.56 Å². The van der Waals surface area contributed by atoms with Crippen LogP contribution in [0.4, 0.5) is 8.78 Å². The van der Waals surface area contributed by atoms with Crippen molar-refractivity contribution in [2.75, 3.05) is 5.33 Å². The van der Waals surface area contributed by atoms with Gasteiger partial charge in [-0.2, -0.15) is 4.39 Å². The lowest BCUT2D eigenvalue weighted by molar-refractivity contribution is 0.406. The molecule has 0 aliphatic carbocycles. The summed E-state index contributed by atoms with van der Waals surface area (Å²) in [7, 11) is 0. The minimum absolute atomic E-state index is 0.0405. The minimum atomic E-state index is -1.25. The molecule has 0 aliphatic rings. The van der Waals surface area contributed by atoms with Crippen LogP contribution in [0.1, 0.15) is 12.0 Å². The lowest BCUT2D eigenvalue weighted by atomic mass is 10.2. The monoisotopic (exact) mass is 260 g/mol. The molecule has 0 radical (unpaired) electrons. The van der Waals surface area contributed by atoms with Gasteiger partial charge in [-0.3, -0.25) is 0 Å². The fourth-order valence-corrected chi connectivity index (χ4v) is 1.04. The molecule has 0 aromatic heterocycles. The topological polar surface area (TPSA) is 20.2 Å². The van der Waals surface area contributed by atoms with E-state index in [9.17, 15) is 8.78 Å². The molecule has 0 unspecified atom stereocenters. The predicted molar refractivity (Wildman–Crippen MR) is 53.3 cm³/mol. The van der Waals surface area contributed by atoms with Gasteiger partial charge in [-0.25, -0.2) is 4.39 Å². The summed E-state index contributed by atoms with van der Waals surface area (Å²) >= 11 is 3.16. The quantitative estimate of drug-likeness (QED) is 0.608. The normalized spacial score (nSPS) is 9.36. The minimum Gasteiger partial charge on any atom is -0.505 e. The van der Waals surface area contributed by atoms with Crippen LogP contribution in [-0.2, 0) is 0 Å². The van der Waals surface area contributed by atoms with Crippen LogP contribution in [-0.4, -0.2) is 10.4 Å². The SMILES string of the molecule is Oc1ccc(C#CCCBr)c(F)c1F. The molecule has 74 valence electrons. The van der Waals surface area contributed by atoms with E-state index in [1.54, 1.807) is 0 Å². The third-order valence-electron chi connectivity index (χ3n) is 1.50. The molecule has 1 N–H and O–H groups in total. The first kappa shape index (κ1) is 11.0. The Balaban J connectivity index is 3.02. The molecule has 0 bridgehead atoms. The second-order valence-electron chi connectivity index (χ2n) is 2.50. The highest BCUT2D eigenvalue weighted by Gasteiger charge is 2.10. The van der Waals surface area contributed by atoms with E-state index in [1.807, 2.05) is 0 Å². The molecule has 0 atom stereocenters. The Kier molecular flexibility index (Phi) is 3.90. The Morgan fingerprint density at radius 2 is 2.00 bits per heavy atom. The summed E-state index contributed by atoms with van der Waals surface area (Å²) in [6.07, 6.45) is 0.557. The van der Waals surface area contributed by atoms with Crippen LogP contribution < -0.4 is 0 Å². The molecule has 0 amide bonds. The lowest BCUT2D eigenvalue weighted by Crippen LogP contribution is -1.89. The van der Waals surface area contributed by atoms with Crippen molar-refractivity contribution in [3.8, 4) is 17.6 Å². The zero-order chi connectivity index (χ0) is 10.6. The van der Waals surface area contributed by atoms with Crippen molar-refractivity contribution in [3.63, 3.8) is 0 Å². The van der Waals surface area contributed by atoms with E-state index in [0.29, 0.717) is 11.8 Å². The molecule has 0 saturated carbocycles. The zero-order valence-electron chi connectivity index (χ0n) is 7.15.